The third-order valence-electron chi connectivity index (χ3n) is 1.89. The summed E-state index contributed by atoms with van der Waals surface area (Å²) in [4.78, 5) is 0. The van der Waals surface area contributed by atoms with Crippen molar-refractivity contribution in [1.29, 1.82) is 0 Å². The first kappa shape index (κ1) is 13.5. The summed E-state index contributed by atoms with van der Waals surface area (Å²) in [6, 6.07) is 0. The molecule has 98 valence electrons. The van der Waals surface area contributed by atoms with Gasteiger partial charge in [0.25, 0.3) is 0 Å². The summed E-state index contributed by atoms with van der Waals surface area (Å²) in [6.45, 7) is 0. The number of hydrogen-bond acceptors (Lipinski definition) is 8. The molecule has 0 spiro atoms. The number of nitrogens with zero attached hydrogens (tertiary/aromatic N) is 4. The quantitative estimate of drug-likeness (QED) is 0.272. The van der Waals surface area contributed by atoms with E-state index in [0.717, 1.165) is 11.5 Å². The number of thioether (sulfide) groups is 2. The molecule has 2 aromatic heterocycles. The molecule has 6 N–H and O–H groups in total. The van der Waals surface area contributed by atoms with Gasteiger partial charge >= 0.3 is 0 Å². The fourth-order valence-corrected chi connectivity index (χ4v) is 3.14. The van der Waals surface area contributed by atoms with Gasteiger partial charge in [-0.3, -0.25) is 0 Å². The van der Waals surface area contributed by atoms with E-state index in [1.165, 1.54) is 32.9 Å². The molecule has 0 bridgehead atoms. The highest BCUT2D eigenvalue weighted by Crippen LogP contribution is 2.19. The second-order valence-electron chi connectivity index (χ2n) is 3.06. The molecule has 2 rings (SSSR count). The fourth-order valence-electron chi connectivity index (χ4n) is 1.05. The highest BCUT2D eigenvalue weighted by molar-refractivity contribution is 8.02. The number of nitrogens with two attached hydrogens (primary N) is 2. The van der Waals surface area contributed by atoms with E-state index in [-0.39, 0.29) is 0 Å². The van der Waals surface area contributed by atoms with Crippen LogP contribution in [0.2, 0.25) is 0 Å². The first-order valence-electron chi connectivity index (χ1n) is 4.70. The molecule has 8 nitrogen and oxygen atoms in total. The summed E-state index contributed by atoms with van der Waals surface area (Å²) >= 11 is 12.8. The van der Waals surface area contributed by atoms with E-state index in [1.807, 2.05) is 0 Å². The molecule has 2 heterocycles. The summed E-state index contributed by atoms with van der Waals surface area (Å²) in [6.07, 6.45) is 0. The molecule has 0 aliphatic carbocycles. The van der Waals surface area contributed by atoms with E-state index in [0.29, 0.717) is 19.9 Å². The number of rotatable bonds is 5. The number of nitrogen functional groups attached to an aromatic ring is 2. The van der Waals surface area contributed by atoms with Crippen LogP contribution in [-0.2, 0) is 0 Å². The molecule has 2 aromatic rings. The topological polar surface area (TPSA) is 119 Å². The monoisotopic (exact) mass is 322 g/mol. The Bertz CT molecular complexity index is 578. The van der Waals surface area contributed by atoms with Gasteiger partial charge < -0.3 is 11.7 Å². The number of aromatic nitrogens is 6. The molecule has 0 aliphatic heterocycles. The lowest BCUT2D eigenvalue weighted by atomic mass is 11.0. The maximum atomic E-state index is 5.66. The Hall–Kier alpha value is -0.980. The van der Waals surface area contributed by atoms with Crippen LogP contribution in [0.1, 0.15) is 0 Å². The Balaban J connectivity index is 1.83. The van der Waals surface area contributed by atoms with Crippen LogP contribution >= 0.6 is 48.0 Å². The van der Waals surface area contributed by atoms with Crippen molar-refractivity contribution in [2.45, 2.75) is 10.3 Å². The van der Waals surface area contributed by atoms with Gasteiger partial charge in [-0.2, -0.15) is 0 Å². The molecular formula is C6H10N8S4. The fraction of sp³-hybridized carbons (Fsp3) is 0.333. The van der Waals surface area contributed by atoms with Crippen LogP contribution in [0.15, 0.2) is 10.3 Å². The van der Waals surface area contributed by atoms with Gasteiger partial charge in [0.2, 0.25) is 19.9 Å². The van der Waals surface area contributed by atoms with Crippen molar-refractivity contribution in [2.24, 2.45) is 0 Å². The van der Waals surface area contributed by atoms with Gasteiger partial charge in [0, 0.05) is 11.5 Å². The number of hydrogen-bond donors (Lipinski definition) is 4. The van der Waals surface area contributed by atoms with Gasteiger partial charge in [0.1, 0.15) is 0 Å². The molecule has 0 atom stereocenters. The van der Waals surface area contributed by atoms with Crippen LogP contribution in [0.4, 0.5) is 0 Å². The molecule has 12 heteroatoms. The highest BCUT2D eigenvalue weighted by Gasteiger charge is 2.06. The Morgan fingerprint density at radius 1 is 0.944 bits per heavy atom. The van der Waals surface area contributed by atoms with Gasteiger partial charge in [0.15, 0.2) is 0 Å². The summed E-state index contributed by atoms with van der Waals surface area (Å²) in [7, 11) is 0. The normalized spacial score (nSPS) is 10.9. The molecular weight excluding hydrogens is 312 g/mol. The predicted molar refractivity (Wildman–Crippen MR) is 76.6 cm³/mol. The molecule has 0 unspecified atom stereocenters. The molecule has 0 radical (unpaired) electrons. The van der Waals surface area contributed by atoms with Crippen LogP contribution < -0.4 is 11.7 Å². The van der Waals surface area contributed by atoms with Gasteiger partial charge in [-0.1, -0.05) is 23.5 Å². The maximum absolute atomic E-state index is 5.66. The Kier molecular flexibility index (Phi) is 4.31. The van der Waals surface area contributed by atoms with Crippen molar-refractivity contribution in [1.82, 2.24) is 29.7 Å². The van der Waals surface area contributed by atoms with Crippen LogP contribution in [0, 0.1) is 9.54 Å². The van der Waals surface area contributed by atoms with E-state index < -0.39 is 0 Å². The Morgan fingerprint density at radius 2 is 1.33 bits per heavy atom. The molecule has 18 heavy (non-hydrogen) atoms. The van der Waals surface area contributed by atoms with E-state index in [2.05, 4.69) is 20.4 Å². The van der Waals surface area contributed by atoms with E-state index in [1.54, 1.807) is 0 Å². The van der Waals surface area contributed by atoms with Gasteiger partial charge in [-0.15, -0.1) is 10.2 Å². The van der Waals surface area contributed by atoms with Crippen molar-refractivity contribution >= 4 is 48.0 Å². The summed E-state index contributed by atoms with van der Waals surface area (Å²) in [5.41, 5.74) is 0. The lowest BCUT2D eigenvalue weighted by Crippen LogP contribution is -2.10. The molecule has 0 aliphatic rings. The first-order valence-corrected chi connectivity index (χ1v) is 7.49. The lowest BCUT2D eigenvalue weighted by molar-refractivity contribution is 0.838. The Labute approximate surface area is 120 Å². The predicted octanol–water partition coefficient (Wildman–Crippen LogP) is 0.507. The largest absolute Gasteiger partial charge is 0.335 e. The van der Waals surface area contributed by atoms with Crippen LogP contribution in [0.25, 0.3) is 0 Å². The zero-order valence-corrected chi connectivity index (χ0v) is 12.3. The van der Waals surface area contributed by atoms with Crippen LogP contribution in [0.5, 0.6) is 0 Å². The molecule has 0 fully saturated rings. The average molecular weight is 322 g/mol. The second kappa shape index (κ2) is 5.77. The minimum atomic E-state index is 0.396. The van der Waals surface area contributed by atoms with Crippen molar-refractivity contribution in [3.8, 4) is 0 Å². The SMILES string of the molecule is Nn1c(SCCSc2n[nH]c(=S)n2N)n[nH]c1=S. The van der Waals surface area contributed by atoms with Gasteiger partial charge in [0.05, 0.1) is 0 Å². The van der Waals surface area contributed by atoms with Gasteiger partial charge in [-0.25, -0.2) is 19.5 Å². The zero-order valence-electron chi connectivity index (χ0n) is 8.99. The molecule has 0 aromatic carbocycles. The average Bonchev–Trinajstić information content (AvgIpc) is 2.83. The molecule has 0 saturated carbocycles. The maximum Gasteiger partial charge on any atom is 0.214 e. The van der Waals surface area contributed by atoms with E-state index in [9.17, 15) is 0 Å². The zero-order chi connectivity index (χ0) is 13.1. The summed E-state index contributed by atoms with van der Waals surface area (Å²) in [5.74, 6) is 12.9. The number of nitrogens with one attached hydrogen (secondary N) is 2. The standard InChI is InChI=1S/C6H10N8S4/c7-13-3(15)9-11-5(13)17-1-2-18-6-12-10-4(16)14(6)8/h1-2,7-8H2,(H,9,15)(H,10,16). The number of aromatic amines is 2. The minimum absolute atomic E-state index is 0.396. The second-order valence-corrected chi connectivity index (χ2v) is 5.96. The van der Waals surface area contributed by atoms with Gasteiger partial charge in [-0.05, 0) is 24.4 Å². The lowest BCUT2D eigenvalue weighted by Gasteiger charge is -2.00. The van der Waals surface area contributed by atoms with Crippen LogP contribution in [-0.4, -0.2) is 41.3 Å². The van der Waals surface area contributed by atoms with Crippen molar-refractivity contribution in [3.63, 3.8) is 0 Å². The third-order valence-corrected chi connectivity index (χ3v) is 4.63. The molecule has 0 amide bonds. The summed E-state index contributed by atoms with van der Waals surface area (Å²) < 4.78 is 3.47. The minimum Gasteiger partial charge on any atom is -0.335 e. The van der Waals surface area contributed by atoms with E-state index >= 15 is 0 Å². The van der Waals surface area contributed by atoms with Crippen molar-refractivity contribution in [2.75, 3.05) is 23.2 Å². The Morgan fingerprint density at radius 3 is 1.61 bits per heavy atom. The number of H-pyrrole nitrogens is 2. The van der Waals surface area contributed by atoms with E-state index in [4.69, 9.17) is 36.1 Å². The van der Waals surface area contributed by atoms with Crippen molar-refractivity contribution < 1.29 is 0 Å². The molecule has 0 saturated heterocycles. The summed E-state index contributed by atoms with van der Waals surface area (Å²) in [5, 5.41) is 14.5. The first-order chi connectivity index (χ1) is 8.59. The smallest absolute Gasteiger partial charge is 0.214 e. The van der Waals surface area contributed by atoms with Crippen LogP contribution in [0.3, 0.4) is 0 Å². The highest BCUT2D eigenvalue weighted by atomic mass is 32.2. The van der Waals surface area contributed by atoms with Crippen molar-refractivity contribution in [3.05, 3.63) is 9.54 Å². The third kappa shape index (κ3) is 2.88.